The Morgan fingerprint density at radius 1 is 1.19 bits per heavy atom. The van der Waals surface area contributed by atoms with Crippen LogP contribution in [-0.2, 0) is 22.7 Å². The van der Waals surface area contributed by atoms with Gasteiger partial charge in [0.1, 0.15) is 6.04 Å². The molecule has 1 aliphatic rings. The van der Waals surface area contributed by atoms with E-state index >= 15 is 0 Å². The molecule has 1 atom stereocenters. The summed E-state index contributed by atoms with van der Waals surface area (Å²) < 4.78 is 3.37. The fraction of sp³-hybridized carbons (Fsp3) is 0.500. The molecule has 1 aromatic carbocycles. The van der Waals surface area contributed by atoms with Gasteiger partial charge in [-0.2, -0.15) is 0 Å². The first kappa shape index (κ1) is 18.6. The number of likely N-dealkylation sites (N-methyl/N-ethyl adjacent to an activating group) is 1. The highest BCUT2D eigenvalue weighted by Gasteiger charge is 2.35. The van der Waals surface area contributed by atoms with Gasteiger partial charge < -0.3 is 9.80 Å². The Hall–Kier alpha value is -2.22. The molecule has 2 amide bonds. The monoisotopic (exact) mass is 376 g/mol. The molecule has 0 saturated carbocycles. The zero-order chi connectivity index (χ0) is 18.8. The maximum Gasteiger partial charge on any atom is 0.329 e. The first-order chi connectivity index (χ1) is 12.5. The molecule has 7 nitrogen and oxygen atoms in total. The SMILES string of the molecule is CCn1c(=O)n(CCC(=O)N2CSCC2C(=O)N(C)C)c2ccccc21. The molecule has 1 saturated heterocycles. The third-order valence-corrected chi connectivity index (χ3v) is 5.73. The Morgan fingerprint density at radius 3 is 2.46 bits per heavy atom. The van der Waals surface area contributed by atoms with E-state index in [2.05, 4.69) is 0 Å². The van der Waals surface area contributed by atoms with Gasteiger partial charge in [-0.1, -0.05) is 12.1 Å². The molecule has 2 aromatic rings. The van der Waals surface area contributed by atoms with Crippen LogP contribution >= 0.6 is 11.8 Å². The summed E-state index contributed by atoms with van der Waals surface area (Å²) in [5, 5.41) is 0. The summed E-state index contributed by atoms with van der Waals surface area (Å²) >= 11 is 1.58. The summed E-state index contributed by atoms with van der Waals surface area (Å²) in [6.07, 6.45) is 0.204. The van der Waals surface area contributed by atoms with Crippen molar-refractivity contribution >= 4 is 34.6 Å². The lowest BCUT2D eigenvalue weighted by molar-refractivity contribution is -0.142. The lowest BCUT2D eigenvalue weighted by Crippen LogP contribution is -2.47. The van der Waals surface area contributed by atoms with Crippen LogP contribution in [0, 0.1) is 0 Å². The second-order valence-electron chi connectivity index (χ2n) is 6.53. The number of benzene rings is 1. The number of carbonyl (C=O) groups excluding carboxylic acids is 2. The molecule has 0 aliphatic carbocycles. The van der Waals surface area contributed by atoms with Gasteiger partial charge in [-0.15, -0.1) is 11.8 Å². The minimum absolute atomic E-state index is 0.0527. The van der Waals surface area contributed by atoms with Crippen LogP contribution in [0.25, 0.3) is 11.0 Å². The van der Waals surface area contributed by atoms with Gasteiger partial charge in [0.15, 0.2) is 0 Å². The normalized spacial score (nSPS) is 17.0. The lowest BCUT2D eigenvalue weighted by atomic mass is 10.2. The number of nitrogens with zero attached hydrogens (tertiary/aromatic N) is 4. The maximum absolute atomic E-state index is 12.7. The topological polar surface area (TPSA) is 67.5 Å². The summed E-state index contributed by atoms with van der Waals surface area (Å²) in [5.74, 6) is 1.01. The second kappa shape index (κ2) is 7.57. The van der Waals surface area contributed by atoms with Gasteiger partial charge in [-0.3, -0.25) is 18.7 Å². The summed E-state index contributed by atoms with van der Waals surface area (Å²) in [6, 6.07) is 7.21. The molecule has 140 valence electrons. The van der Waals surface area contributed by atoms with Crippen LogP contribution < -0.4 is 5.69 Å². The predicted octanol–water partition coefficient (Wildman–Crippen LogP) is 1.20. The largest absolute Gasteiger partial charge is 0.347 e. The van der Waals surface area contributed by atoms with Gasteiger partial charge in [0.25, 0.3) is 0 Å². The predicted molar refractivity (Wildman–Crippen MR) is 103 cm³/mol. The van der Waals surface area contributed by atoms with Crippen molar-refractivity contribution in [3.05, 3.63) is 34.7 Å². The molecule has 0 N–H and O–H groups in total. The highest BCUT2D eigenvalue weighted by molar-refractivity contribution is 7.99. The standard InChI is InChI=1S/C18H24N4O3S/c1-4-20-13-7-5-6-8-14(13)21(18(20)25)10-9-16(23)22-12-26-11-15(22)17(24)19(2)3/h5-8,15H,4,9-12H2,1-3H3. The fourth-order valence-electron chi connectivity index (χ4n) is 3.34. The molecule has 2 heterocycles. The van der Waals surface area contributed by atoms with Gasteiger partial charge in [0.2, 0.25) is 11.8 Å². The van der Waals surface area contributed by atoms with Crippen LogP contribution in [0.1, 0.15) is 13.3 Å². The number of fused-ring (bicyclic) bond motifs is 1. The van der Waals surface area contributed by atoms with E-state index in [0.29, 0.717) is 24.7 Å². The number of hydrogen-bond acceptors (Lipinski definition) is 4. The van der Waals surface area contributed by atoms with Crippen LogP contribution in [0.2, 0.25) is 0 Å². The number of amides is 2. The van der Waals surface area contributed by atoms with E-state index < -0.39 is 6.04 Å². The Bertz CT molecular complexity index is 886. The number of para-hydroxylation sites is 2. The van der Waals surface area contributed by atoms with Crippen molar-refractivity contribution in [3.63, 3.8) is 0 Å². The summed E-state index contributed by atoms with van der Waals surface area (Å²) in [7, 11) is 3.40. The van der Waals surface area contributed by atoms with Crippen molar-refractivity contribution in [2.75, 3.05) is 25.7 Å². The van der Waals surface area contributed by atoms with Crippen molar-refractivity contribution in [1.82, 2.24) is 18.9 Å². The highest BCUT2D eigenvalue weighted by Crippen LogP contribution is 2.23. The highest BCUT2D eigenvalue weighted by atomic mass is 32.2. The number of aromatic nitrogens is 2. The molecular formula is C18H24N4O3S. The average Bonchev–Trinajstić information content (AvgIpc) is 3.21. The smallest absolute Gasteiger partial charge is 0.329 e. The first-order valence-electron chi connectivity index (χ1n) is 8.72. The lowest BCUT2D eigenvalue weighted by Gasteiger charge is -2.25. The van der Waals surface area contributed by atoms with Crippen LogP contribution in [0.3, 0.4) is 0 Å². The third-order valence-electron chi connectivity index (χ3n) is 4.72. The van der Waals surface area contributed by atoms with Gasteiger partial charge in [0, 0.05) is 39.4 Å². The van der Waals surface area contributed by atoms with Gasteiger partial charge >= 0.3 is 5.69 Å². The number of imidazole rings is 1. The van der Waals surface area contributed by atoms with E-state index in [4.69, 9.17) is 0 Å². The number of hydrogen-bond donors (Lipinski definition) is 0. The molecule has 1 fully saturated rings. The third kappa shape index (κ3) is 3.25. The van der Waals surface area contributed by atoms with Crippen LogP contribution in [0.4, 0.5) is 0 Å². The van der Waals surface area contributed by atoms with Gasteiger partial charge in [0.05, 0.1) is 16.9 Å². The second-order valence-corrected chi connectivity index (χ2v) is 7.53. The molecule has 0 bridgehead atoms. The van der Waals surface area contributed by atoms with Crippen LogP contribution in [0.15, 0.2) is 29.1 Å². The molecule has 1 aromatic heterocycles. The quantitative estimate of drug-likeness (QED) is 0.787. The summed E-state index contributed by atoms with van der Waals surface area (Å²) in [6.45, 7) is 2.83. The Kier molecular flexibility index (Phi) is 5.41. The molecule has 0 radical (unpaired) electrons. The van der Waals surface area contributed by atoms with E-state index in [1.807, 2.05) is 31.2 Å². The zero-order valence-electron chi connectivity index (χ0n) is 15.3. The van der Waals surface area contributed by atoms with Crippen molar-refractivity contribution in [3.8, 4) is 0 Å². The van der Waals surface area contributed by atoms with Crippen molar-refractivity contribution in [2.45, 2.75) is 32.5 Å². The summed E-state index contributed by atoms with van der Waals surface area (Å²) in [5.41, 5.74) is 1.62. The van der Waals surface area contributed by atoms with E-state index in [9.17, 15) is 14.4 Å². The number of carbonyl (C=O) groups is 2. The Balaban J connectivity index is 1.78. The zero-order valence-corrected chi connectivity index (χ0v) is 16.2. The fourth-order valence-corrected chi connectivity index (χ4v) is 4.51. The number of thioether (sulfide) groups is 1. The van der Waals surface area contributed by atoms with Crippen molar-refractivity contribution in [2.24, 2.45) is 0 Å². The Morgan fingerprint density at radius 2 is 1.85 bits per heavy atom. The van der Waals surface area contributed by atoms with E-state index in [1.54, 1.807) is 39.9 Å². The molecule has 0 spiro atoms. The molecular weight excluding hydrogens is 352 g/mol. The molecule has 3 rings (SSSR count). The van der Waals surface area contributed by atoms with E-state index in [1.165, 1.54) is 4.90 Å². The molecule has 26 heavy (non-hydrogen) atoms. The minimum atomic E-state index is -0.406. The summed E-state index contributed by atoms with van der Waals surface area (Å²) in [4.78, 5) is 40.8. The van der Waals surface area contributed by atoms with Crippen molar-refractivity contribution in [1.29, 1.82) is 0 Å². The first-order valence-corrected chi connectivity index (χ1v) is 9.87. The van der Waals surface area contributed by atoms with Crippen molar-refractivity contribution < 1.29 is 9.59 Å². The molecule has 1 aliphatic heterocycles. The number of rotatable bonds is 5. The minimum Gasteiger partial charge on any atom is -0.347 e. The van der Waals surface area contributed by atoms with Gasteiger partial charge in [-0.25, -0.2) is 4.79 Å². The van der Waals surface area contributed by atoms with Gasteiger partial charge in [-0.05, 0) is 19.1 Å². The maximum atomic E-state index is 12.7. The number of aryl methyl sites for hydroxylation is 2. The van der Waals surface area contributed by atoms with E-state index in [-0.39, 0.29) is 23.9 Å². The molecule has 1 unspecified atom stereocenters. The van der Waals surface area contributed by atoms with Crippen LogP contribution in [-0.4, -0.2) is 62.5 Å². The molecule has 8 heteroatoms. The van der Waals surface area contributed by atoms with Crippen LogP contribution in [0.5, 0.6) is 0 Å². The average molecular weight is 376 g/mol. The Labute approximate surface area is 156 Å². The van der Waals surface area contributed by atoms with E-state index in [0.717, 1.165) is 11.0 Å².